The molecule has 1 atom stereocenters. The van der Waals surface area contributed by atoms with E-state index in [-0.39, 0.29) is 18.2 Å². The maximum atomic E-state index is 12.5. The molecule has 24 heavy (non-hydrogen) atoms. The number of benzene rings is 2. The summed E-state index contributed by atoms with van der Waals surface area (Å²) in [6.07, 6.45) is 0.140. The summed E-state index contributed by atoms with van der Waals surface area (Å²) in [5, 5.41) is 3.63. The zero-order valence-corrected chi connectivity index (χ0v) is 13.9. The van der Waals surface area contributed by atoms with Crippen LogP contribution >= 0.6 is 11.6 Å². The van der Waals surface area contributed by atoms with E-state index in [2.05, 4.69) is 5.32 Å². The highest BCUT2D eigenvalue weighted by molar-refractivity contribution is 6.31. The number of ether oxygens (including phenoxy) is 1. The van der Waals surface area contributed by atoms with Crippen molar-refractivity contribution in [3.05, 3.63) is 59.1 Å². The first-order valence-electron chi connectivity index (χ1n) is 7.57. The van der Waals surface area contributed by atoms with Crippen LogP contribution in [-0.2, 0) is 16.1 Å². The number of imide groups is 1. The van der Waals surface area contributed by atoms with E-state index < -0.39 is 6.04 Å². The van der Waals surface area contributed by atoms with Crippen LogP contribution in [0.4, 0.5) is 5.69 Å². The molecule has 0 aromatic heterocycles. The van der Waals surface area contributed by atoms with E-state index in [1.54, 1.807) is 31.4 Å². The first kappa shape index (κ1) is 16.5. The summed E-state index contributed by atoms with van der Waals surface area (Å²) in [5.41, 5.74) is 1.52. The van der Waals surface area contributed by atoms with Gasteiger partial charge in [-0.3, -0.25) is 9.59 Å². The van der Waals surface area contributed by atoms with Gasteiger partial charge in [-0.2, -0.15) is 0 Å². The predicted molar refractivity (Wildman–Crippen MR) is 92.2 cm³/mol. The van der Waals surface area contributed by atoms with Crippen molar-refractivity contribution in [2.75, 3.05) is 12.0 Å². The van der Waals surface area contributed by atoms with E-state index in [0.29, 0.717) is 17.3 Å². The summed E-state index contributed by atoms with van der Waals surface area (Å²) < 4.78 is 5.11. The second-order valence-electron chi connectivity index (χ2n) is 5.53. The zero-order valence-electron chi connectivity index (χ0n) is 13.2. The molecule has 3 rings (SSSR count). The van der Waals surface area contributed by atoms with Crippen molar-refractivity contribution in [1.82, 2.24) is 5.32 Å². The van der Waals surface area contributed by atoms with Gasteiger partial charge in [0.1, 0.15) is 5.75 Å². The molecule has 1 aliphatic heterocycles. The molecule has 6 heteroatoms. The topological polar surface area (TPSA) is 58.6 Å². The molecule has 0 unspecified atom stereocenters. The molecule has 2 aromatic rings. The van der Waals surface area contributed by atoms with E-state index in [1.807, 2.05) is 24.3 Å². The van der Waals surface area contributed by atoms with Gasteiger partial charge < -0.3 is 10.1 Å². The summed E-state index contributed by atoms with van der Waals surface area (Å²) in [4.78, 5) is 25.9. The normalized spacial score (nSPS) is 17.4. The lowest BCUT2D eigenvalue weighted by Gasteiger charge is -2.16. The quantitative estimate of drug-likeness (QED) is 0.847. The van der Waals surface area contributed by atoms with E-state index in [1.165, 1.54) is 4.90 Å². The van der Waals surface area contributed by atoms with Crippen molar-refractivity contribution >= 4 is 29.1 Å². The maximum absolute atomic E-state index is 12.5. The monoisotopic (exact) mass is 344 g/mol. The van der Waals surface area contributed by atoms with Crippen LogP contribution in [0.1, 0.15) is 12.0 Å². The third kappa shape index (κ3) is 3.42. The number of carbonyl (C=O) groups is 2. The van der Waals surface area contributed by atoms with Gasteiger partial charge in [0.2, 0.25) is 5.91 Å². The fourth-order valence-electron chi connectivity index (χ4n) is 2.66. The molecule has 1 heterocycles. The Morgan fingerprint density at radius 3 is 2.62 bits per heavy atom. The van der Waals surface area contributed by atoms with Crippen LogP contribution in [0.15, 0.2) is 48.5 Å². The highest BCUT2D eigenvalue weighted by atomic mass is 35.5. The van der Waals surface area contributed by atoms with E-state index in [0.717, 1.165) is 11.3 Å². The van der Waals surface area contributed by atoms with Crippen molar-refractivity contribution in [2.24, 2.45) is 0 Å². The van der Waals surface area contributed by atoms with Gasteiger partial charge in [0.15, 0.2) is 0 Å². The molecule has 0 radical (unpaired) electrons. The Morgan fingerprint density at radius 2 is 1.96 bits per heavy atom. The SMILES string of the molecule is COc1ccc(CN[C@H]2CC(=O)N(c3cccc(Cl)c3)C2=O)cc1. The molecule has 5 nitrogen and oxygen atoms in total. The molecule has 0 spiro atoms. The number of carbonyl (C=O) groups excluding carboxylic acids is 2. The highest BCUT2D eigenvalue weighted by Crippen LogP contribution is 2.25. The van der Waals surface area contributed by atoms with Gasteiger partial charge in [0.05, 0.1) is 25.3 Å². The van der Waals surface area contributed by atoms with Gasteiger partial charge in [-0.15, -0.1) is 0 Å². The van der Waals surface area contributed by atoms with Gasteiger partial charge in [-0.25, -0.2) is 4.90 Å². The van der Waals surface area contributed by atoms with Crippen molar-refractivity contribution in [1.29, 1.82) is 0 Å². The number of nitrogens with zero attached hydrogens (tertiary/aromatic N) is 1. The standard InChI is InChI=1S/C18H17ClN2O3/c1-24-15-7-5-12(6-8-15)11-20-16-10-17(22)21(18(16)23)14-4-2-3-13(19)9-14/h2-9,16,20H,10-11H2,1H3/t16-/m0/s1. The lowest BCUT2D eigenvalue weighted by molar-refractivity contribution is -0.121. The minimum atomic E-state index is -0.529. The Labute approximate surface area is 145 Å². The molecule has 1 saturated heterocycles. The van der Waals surface area contributed by atoms with Crippen LogP contribution in [0.3, 0.4) is 0 Å². The number of methoxy groups -OCH3 is 1. The second kappa shape index (κ2) is 7.03. The van der Waals surface area contributed by atoms with E-state index >= 15 is 0 Å². The van der Waals surface area contributed by atoms with Crippen molar-refractivity contribution in [3.8, 4) is 5.75 Å². The van der Waals surface area contributed by atoms with Crippen LogP contribution in [0.25, 0.3) is 0 Å². The number of rotatable bonds is 5. The van der Waals surface area contributed by atoms with Gasteiger partial charge in [-0.05, 0) is 35.9 Å². The Balaban J connectivity index is 1.67. The first-order chi connectivity index (χ1) is 11.6. The summed E-state index contributed by atoms with van der Waals surface area (Å²) in [6.45, 7) is 0.497. The molecule has 0 aliphatic carbocycles. The van der Waals surface area contributed by atoms with Gasteiger partial charge >= 0.3 is 0 Å². The van der Waals surface area contributed by atoms with Gasteiger partial charge in [0.25, 0.3) is 5.91 Å². The third-order valence-corrected chi connectivity index (χ3v) is 4.16. The Hall–Kier alpha value is -2.37. The molecular weight excluding hydrogens is 328 g/mol. The molecule has 124 valence electrons. The first-order valence-corrected chi connectivity index (χ1v) is 7.95. The van der Waals surface area contributed by atoms with Crippen molar-refractivity contribution in [2.45, 2.75) is 19.0 Å². The highest BCUT2D eigenvalue weighted by Gasteiger charge is 2.39. The number of anilines is 1. The van der Waals surface area contributed by atoms with Crippen molar-refractivity contribution in [3.63, 3.8) is 0 Å². The average Bonchev–Trinajstić information content (AvgIpc) is 2.87. The van der Waals surface area contributed by atoms with Crippen LogP contribution in [0.5, 0.6) is 5.75 Å². The molecule has 1 aliphatic rings. The molecule has 1 N–H and O–H groups in total. The minimum Gasteiger partial charge on any atom is -0.497 e. The lowest BCUT2D eigenvalue weighted by Crippen LogP contribution is -2.38. The lowest BCUT2D eigenvalue weighted by atomic mass is 10.2. The van der Waals surface area contributed by atoms with Crippen LogP contribution in [0, 0.1) is 0 Å². The fraction of sp³-hybridized carbons (Fsp3) is 0.222. The van der Waals surface area contributed by atoms with Crippen LogP contribution in [0.2, 0.25) is 5.02 Å². The predicted octanol–water partition coefficient (Wildman–Crippen LogP) is 2.77. The van der Waals surface area contributed by atoms with Crippen LogP contribution < -0.4 is 15.0 Å². The molecular formula is C18H17ClN2O3. The average molecular weight is 345 g/mol. The number of amides is 2. The van der Waals surface area contributed by atoms with Gasteiger partial charge in [-0.1, -0.05) is 29.8 Å². The smallest absolute Gasteiger partial charge is 0.251 e. The number of hydrogen-bond acceptors (Lipinski definition) is 4. The third-order valence-electron chi connectivity index (χ3n) is 3.92. The molecule has 0 bridgehead atoms. The minimum absolute atomic E-state index is 0.140. The Bertz CT molecular complexity index is 761. The summed E-state index contributed by atoms with van der Waals surface area (Å²) in [5.74, 6) is 0.295. The van der Waals surface area contributed by atoms with Gasteiger partial charge in [0, 0.05) is 11.6 Å². The maximum Gasteiger partial charge on any atom is 0.251 e. The summed E-state index contributed by atoms with van der Waals surface area (Å²) >= 11 is 5.95. The Kier molecular flexibility index (Phi) is 4.83. The summed E-state index contributed by atoms with van der Waals surface area (Å²) in [6, 6.07) is 13.8. The number of hydrogen-bond donors (Lipinski definition) is 1. The van der Waals surface area contributed by atoms with E-state index in [9.17, 15) is 9.59 Å². The van der Waals surface area contributed by atoms with E-state index in [4.69, 9.17) is 16.3 Å². The van der Waals surface area contributed by atoms with Crippen LogP contribution in [-0.4, -0.2) is 25.0 Å². The number of halogens is 1. The molecule has 0 saturated carbocycles. The largest absolute Gasteiger partial charge is 0.497 e. The van der Waals surface area contributed by atoms with Crippen molar-refractivity contribution < 1.29 is 14.3 Å². The zero-order chi connectivity index (χ0) is 17.1. The molecule has 1 fully saturated rings. The Morgan fingerprint density at radius 1 is 1.21 bits per heavy atom. The second-order valence-corrected chi connectivity index (χ2v) is 5.97. The molecule has 2 aromatic carbocycles. The number of nitrogens with one attached hydrogen (secondary N) is 1. The molecule has 2 amide bonds. The summed E-state index contributed by atoms with van der Waals surface area (Å²) in [7, 11) is 1.61. The fourth-order valence-corrected chi connectivity index (χ4v) is 2.85.